The molecule has 6 heteroatoms. The van der Waals surface area contributed by atoms with Crippen molar-refractivity contribution in [3.05, 3.63) is 142 Å². The number of hydrogen-bond acceptors (Lipinski definition) is 5. The lowest BCUT2D eigenvalue weighted by Gasteiger charge is -2.27. The molecule has 176 valence electrons. The standard InChI is InChI=1S/C30H21ClN2O3/c31-22-13-7-12-21(16-22)28-24-15-14-23(17-26(24)36-29(33)25(28)18-32)35-30(34)27(19-8-3-1-4-9-19)20-10-5-2-6-11-20/h1-17,27-28H,33H2. The number of carbonyl (C=O) groups is 1. The van der Waals surface area contributed by atoms with Gasteiger partial charge in [0.25, 0.3) is 0 Å². The van der Waals surface area contributed by atoms with Crippen molar-refractivity contribution in [2.45, 2.75) is 11.8 Å². The average Bonchev–Trinajstić information content (AvgIpc) is 2.89. The predicted molar refractivity (Wildman–Crippen MR) is 138 cm³/mol. The van der Waals surface area contributed by atoms with Crippen LogP contribution in [0.5, 0.6) is 11.5 Å². The van der Waals surface area contributed by atoms with Gasteiger partial charge >= 0.3 is 5.97 Å². The van der Waals surface area contributed by atoms with Crippen LogP contribution in [0.15, 0.2) is 115 Å². The van der Waals surface area contributed by atoms with E-state index in [-0.39, 0.29) is 5.88 Å². The van der Waals surface area contributed by atoms with Crippen molar-refractivity contribution in [2.75, 3.05) is 0 Å². The van der Waals surface area contributed by atoms with Gasteiger partial charge in [-0.05, 0) is 34.9 Å². The minimum absolute atomic E-state index is 0.00454. The zero-order chi connectivity index (χ0) is 25.1. The van der Waals surface area contributed by atoms with Gasteiger partial charge in [0.05, 0.1) is 5.92 Å². The minimum Gasteiger partial charge on any atom is -0.440 e. The Kier molecular flexibility index (Phi) is 6.44. The molecule has 5 nitrogen and oxygen atoms in total. The smallest absolute Gasteiger partial charge is 0.323 e. The summed E-state index contributed by atoms with van der Waals surface area (Å²) >= 11 is 6.21. The molecule has 0 aromatic heterocycles. The SMILES string of the molecule is N#CC1=C(N)Oc2cc(OC(=O)C(c3ccccc3)c3ccccc3)ccc2C1c1cccc(Cl)c1. The van der Waals surface area contributed by atoms with Gasteiger partial charge in [0.2, 0.25) is 5.88 Å². The van der Waals surface area contributed by atoms with Crippen LogP contribution in [-0.2, 0) is 4.79 Å². The lowest BCUT2D eigenvalue weighted by Crippen LogP contribution is -2.22. The maximum atomic E-state index is 13.4. The predicted octanol–water partition coefficient (Wildman–Crippen LogP) is 6.30. The number of allylic oxidation sites excluding steroid dienone is 1. The van der Waals surface area contributed by atoms with Crippen molar-refractivity contribution < 1.29 is 14.3 Å². The van der Waals surface area contributed by atoms with Crippen LogP contribution in [0.3, 0.4) is 0 Å². The van der Waals surface area contributed by atoms with E-state index in [1.165, 1.54) is 0 Å². The Hall–Kier alpha value is -4.53. The number of fused-ring (bicyclic) bond motifs is 1. The molecule has 36 heavy (non-hydrogen) atoms. The molecule has 0 radical (unpaired) electrons. The molecule has 1 unspecified atom stereocenters. The van der Waals surface area contributed by atoms with Gasteiger partial charge in [-0.25, -0.2) is 0 Å². The van der Waals surface area contributed by atoms with Crippen molar-refractivity contribution >= 4 is 17.6 Å². The molecule has 4 aromatic carbocycles. The van der Waals surface area contributed by atoms with Gasteiger partial charge in [-0.1, -0.05) is 90.5 Å². The van der Waals surface area contributed by atoms with E-state index >= 15 is 0 Å². The molecule has 1 aliphatic rings. The third kappa shape index (κ3) is 4.55. The fourth-order valence-corrected chi connectivity index (χ4v) is 4.66. The molecule has 1 atom stereocenters. The summed E-state index contributed by atoms with van der Waals surface area (Å²) in [5.74, 6) is -0.741. The van der Waals surface area contributed by atoms with Crippen LogP contribution >= 0.6 is 11.6 Å². The minimum atomic E-state index is -0.598. The first-order valence-corrected chi connectivity index (χ1v) is 11.7. The lowest BCUT2D eigenvalue weighted by molar-refractivity contribution is -0.135. The van der Waals surface area contributed by atoms with Crippen molar-refractivity contribution in [1.82, 2.24) is 0 Å². The molecule has 0 saturated heterocycles. The second-order valence-corrected chi connectivity index (χ2v) is 8.79. The molecule has 0 spiro atoms. The summed E-state index contributed by atoms with van der Waals surface area (Å²) in [7, 11) is 0. The molecule has 1 heterocycles. The number of rotatable bonds is 5. The first-order valence-electron chi connectivity index (χ1n) is 11.3. The molecular weight excluding hydrogens is 472 g/mol. The highest BCUT2D eigenvalue weighted by Gasteiger charge is 2.32. The Morgan fingerprint density at radius 3 is 2.19 bits per heavy atom. The maximum absolute atomic E-state index is 13.4. The summed E-state index contributed by atoms with van der Waals surface area (Å²) in [4.78, 5) is 13.4. The molecular formula is C30H21ClN2O3. The number of esters is 1. The van der Waals surface area contributed by atoms with Crippen LogP contribution in [0.1, 0.15) is 34.1 Å². The summed E-state index contributed by atoms with van der Waals surface area (Å²) in [5, 5.41) is 10.3. The second-order valence-electron chi connectivity index (χ2n) is 8.35. The van der Waals surface area contributed by atoms with Crippen LogP contribution < -0.4 is 15.2 Å². The van der Waals surface area contributed by atoms with Crippen LogP contribution in [0.2, 0.25) is 5.02 Å². The van der Waals surface area contributed by atoms with E-state index in [9.17, 15) is 10.1 Å². The summed E-state index contributed by atoms with van der Waals surface area (Å²) < 4.78 is 11.6. The van der Waals surface area contributed by atoms with Crippen molar-refractivity contribution in [1.29, 1.82) is 5.26 Å². The highest BCUT2D eigenvalue weighted by Crippen LogP contribution is 2.44. The first kappa shape index (κ1) is 23.2. The third-order valence-corrected chi connectivity index (χ3v) is 6.33. The number of ether oxygens (including phenoxy) is 2. The number of hydrogen-bond donors (Lipinski definition) is 1. The highest BCUT2D eigenvalue weighted by atomic mass is 35.5. The Morgan fingerprint density at radius 1 is 0.917 bits per heavy atom. The third-order valence-electron chi connectivity index (χ3n) is 6.09. The zero-order valence-corrected chi connectivity index (χ0v) is 19.9. The van der Waals surface area contributed by atoms with Crippen molar-refractivity contribution in [3.8, 4) is 17.6 Å². The van der Waals surface area contributed by atoms with Crippen LogP contribution in [0.4, 0.5) is 0 Å². The molecule has 4 aromatic rings. The Balaban J connectivity index is 1.49. The molecule has 0 amide bonds. The Morgan fingerprint density at radius 2 is 1.58 bits per heavy atom. The normalized spacial score (nSPS) is 14.5. The quantitative estimate of drug-likeness (QED) is 0.261. The van der Waals surface area contributed by atoms with Crippen LogP contribution in [0, 0.1) is 11.3 Å². The number of benzene rings is 4. The molecule has 0 saturated carbocycles. The van der Waals surface area contributed by atoms with Crippen molar-refractivity contribution in [2.24, 2.45) is 5.73 Å². The fourth-order valence-electron chi connectivity index (χ4n) is 4.46. The van der Waals surface area contributed by atoms with E-state index in [4.69, 9.17) is 26.8 Å². The summed E-state index contributed by atoms with van der Waals surface area (Å²) in [6, 6.07) is 33.5. The van der Waals surface area contributed by atoms with E-state index in [1.807, 2.05) is 72.8 Å². The van der Waals surface area contributed by atoms with Gasteiger partial charge in [0.1, 0.15) is 29.1 Å². The van der Waals surface area contributed by atoms with Gasteiger partial charge in [-0.2, -0.15) is 5.26 Å². The summed E-state index contributed by atoms with van der Waals surface area (Å²) in [6.07, 6.45) is 0. The van der Waals surface area contributed by atoms with Gasteiger partial charge < -0.3 is 15.2 Å². The fraction of sp³-hybridized carbons (Fsp3) is 0.0667. The van der Waals surface area contributed by atoms with Gasteiger partial charge in [-0.15, -0.1) is 0 Å². The number of nitrogens with zero attached hydrogens (tertiary/aromatic N) is 1. The maximum Gasteiger partial charge on any atom is 0.323 e. The average molecular weight is 493 g/mol. The number of nitrogens with two attached hydrogens (primary N) is 1. The highest BCUT2D eigenvalue weighted by molar-refractivity contribution is 6.30. The van der Waals surface area contributed by atoms with Crippen LogP contribution in [-0.4, -0.2) is 5.97 Å². The Bertz CT molecular complexity index is 1450. The summed E-state index contributed by atoms with van der Waals surface area (Å²) in [6.45, 7) is 0. The van der Waals surface area contributed by atoms with Gasteiger partial charge in [-0.3, -0.25) is 4.79 Å². The van der Waals surface area contributed by atoms with Gasteiger partial charge in [0.15, 0.2) is 0 Å². The first-order chi connectivity index (χ1) is 17.5. The zero-order valence-electron chi connectivity index (χ0n) is 19.1. The largest absolute Gasteiger partial charge is 0.440 e. The Labute approximate surface area is 214 Å². The molecule has 0 bridgehead atoms. The van der Waals surface area contributed by atoms with E-state index in [0.717, 1.165) is 22.3 Å². The topological polar surface area (TPSA) is 85.3 Å². The number of halogens is 1. The van der Waals surface area contributed by atoms with E-state index in [1.54, 1.807) is 30.3 Å². The second kappa shape index (κ2) is 9.99. The van der Waals surface area contributed by atoms with Crippen LogP contribution in [0.25, 0.3) is 0 Å². The van der Waals surface area contributed by atoms with Gasteiger partial charge in [0, 0.05) is 16.7 Å². The lowest BCUT2D eigenvalue weighted by atomic mass is 9.83. The number of carbonyl (C=O) groups excluding carboxylic acids is 1. The molecule has 5 rings (SSSR count). The number of nitriles is 1. The molecule has 1 aliphatic heterocycles. The van der Waals surface area contributed by atoms with Crippen molar-refractivity contribution in [3.63, 3.8) is 0 Å². The molecule has 0 fully saturated rings. The van der Waals surface area contributed by atoms with E-state index < -0.39 is 17.8 Å². The monoisotopic (exact) mass is 492 g/mol. The molecule has 0 aliphatic carbocycles. The van der Waals surface area contributed by atoms with E-state index in [2.05, 4.69) is 6.07 Å². The summed E-state index contributed by atoms with van der Waals surface area (Å²) in [5.41, 5.74) is 9.60. The van der Waals surface area contributed by atoms with E-state index in [0.29, 0.717) is 22.1 Å². The molecule has 2 N–H and O–H groups in total.